The zero-order valence-electron chi connectivity index (χ0n) is 11.4. The largest absolute Gasteiger partial charge is 0.289 e. The average Bonchev–Trinajstić information content (AvgIpc) is 2.14. The Morgan fingerprint density at radius 1 is 1.18 bits per heavy atom. The van der Waals surface area contributed by atoms with Crippen LogP contribution in [0.3, 0.4) is 0 Å². The highest BCUT2D eigenvalue weighted by molar-refractivity contribution is 5.75. The molecule has 0 radical (unpaired) electrons. The van der Waals surface area contributed by atoms with Crippen molar-refractivity contribution in [2.24, 2.45) is 0 Å². The van der Waals surface area contributed by atoms with Gasteiger partial charge in [-0.25, -0.2) is 5.01 Å². The normalized spacial score (nSPS) is 10.7. The van der Waals surface area contributed by atoms with Crippen LogP contribution in [0, 0.1) is 20.8 Å². The van der Waals surface area contributed by atoms with Gasteiger partial charge in [0.2, 0.25) is 5.91 Å². The molecule has 0 atom stereocenters. The highest BCUT2D eigenvalue weighted by Gasteiger charge is 2.07. The fraction of sp³-hybridized carbons (Fsp3) is 0.500. The Bertz CT molecular complexity index is 388. The number of aryl methyl sites for hydroxylation is 3. The van der Waals surface area contributed by atoms with Crippen molar-refractivity contribution in [3.63, 3.8) is 0 Å². The molecule has 0 aliphatic heterocycles. The molecule has 1 N–H and O–H groups in total. The maximum atomic E-state index is 11.6. The van der Waals surface area contributed by atoms with Crippen LogP contribution in [0.25, 0.3) is 0 Å². The van der Waals surface area contributed by atoms with E-state index in [1.165, 1.54) is 22.3 Å². The Labute approximate surface area is 104 Å². The maximum Gasteiger partial charge on any atom is 0.234 e. The molecule has 1 aromatic carbocycles. The first-order chi connectivity index (χ1) is 7.90. The molecule has 0 aliphatic carbocycles. The molecule has 1 rings (SSSR count). The minimum absolute atomic E-state index is 0.0642. The molecule has 0 aromatic heterocycles. The lowest BCUT2D eigenvalue weighted by Gasteiger charge is -2.14. The van der Waals surface area contributed by atoms with Gasteiger partial charge in [-0.05, 0) is 43.9 Å². The summed E-state index contributed by atoms with van der Waals surface area (Å²) < 4.78 is 0. The molecule has 3 nitrogen and oxygen atoms in total. The van der Waals surface area contributed by atoms with E-state index in [1.807, 2.05) is 14.1 Å². The van der Waals surface area contributed by atoms with Gasteiger partial charge in [-0.3, -0.25) is 10.2 Å². The zero-order chi connectivity index (χ0) is 13.0. The highest BCUT2D eigenvalue weighted by Crippen LogP contribution is 2.17. The van der Waals surface area contributed by atoms with E-state index in [9.17, 15) is 4.79 Å². The number of carbonyl (C=O) groups is 1. The van der Waals surface area contributed by atoms with Crippen molar-refractivity contribution in [3.8, 4) is 0 Å². The van der Waals surface area contributed by atoms with Gasteiger partial charge >= 0.3 is 0 Å². The van der Waals surface area contributed by atoms with E-state index in [-0.39, 0.29) is 5.91 Å². The molecule has 3 heteroatoms. The lowest BCUT2D eigenvalue weighted by Crippen LogP contribution is -2.36. The molecule has 0 heterocycles. The van der Waals surface area contributed by atoms with Crippen molar-refractivity contribution < 1.29 is 4.79 Å². The molecule has 0 bridgehead atoms. The average molecular weight is 234 g/mol. The monoisotopic (exact) mass is 234 g/mol. The van der Waals surface area contributed by atoms with Gasteiger partial charge in [0.1, 0.15) is 0 Å². The topological polar surface area (TPSA) is 32.3 Å². The van der Waals surface area contributed by atoms with Crippen LogP contribution in [0.4, 0.5) is 0 Å². The molecule has 1 aromatic rings. The van der Waals surface area contributed by atoms with Crippen molar-refractivity contribution >= 4 is 5.91 Å². The summed E-state index contributed by atoms with van der Waals surface area (Å²) >= 11 is 0. The first kappa shape index (κ1) is 13.7. The summed E-state index contributed by atoms with van der Waals surface area (Å²) in [6.07, 6.45) is 1.33. The predicted molar refractivity (Wildman–Crippen MR) is 70.8 cm³/mol. The fourth-order valence-corrected chi connectivity index (χ4v) is 2.15. The van der Waals surface area contributed by atoms with E-state index in [0.29, 0.717) is 6.42 Å². The molecular formula is C14H22N2O. The number of amides is 1. The second-order valence-electron chi connectivity index (χ2n) is 4.81. The number of hydrazine groups is 1. The second-order valence-corrected chi connectivity index (χ2v) is 4.81. The van der Waals surface area contributed by atoms with Crippen LogP contribution in [0.1, 0.15) is 28.7 Å². The highest BCUT2D eigenvalue weighted by atomic mass is 16.2. The molecule has 0 spiro atoms. The summed E-state index contributed by atoms with van der Waals surface area (Å²) in [5.41, 5.74) is 7.89. The third kappa shape index (κ3) is 4.19. The van der Waals surface area contributed by atoms with E-state index in [4.69, 9.17) is 0 Å². The maximum absolute atomic E-state index is 11.6. The quantitative estimate of drug-likeness (QED) is 0.810. The Morgan fingerprint density at radius 3 is 2.18 bits per heavy atom. The van der Waals surface area contributed by atoms with E-state index < -0.39 is 0 Å². The van der Waals surface area contributed by atoms with Crippen molar-refractivity contribution in [2.45, 2.75) is 33.6 Å². The molecule has 17 heavy (non-hydrogen) atoms. The van der Waals surface area contributed by atoms with E-state index in [0.717, 1.165) is 6.42 Å². The number of nitrogens with zero attached hydrogens (tertiary/aromatic N) is 1. The summed E-state index contributed by atoms with van der Waals surface area (Å²) in [6, 6.07) is 4.35. The Kier molecular flexibility index (Phi) is 4.70. The number of carbonyl (C=O) groups excluding carboxylic acids is 1. The third-order valence-corrected chi connectivity index (χ3v) is 2.79. The number of rotatable bonds is 4. The number of nitrogens with one attached hydrogen (secondary N) is 1. The summed E-state index contributed by atoms with van der Waals surface area (Å²) in [7, 11) is 3.64. The zero-order valence-corrected chi connectivity index (χ0v) is 11.4. The van der Waals surface area contributed by atoms with Crippen LogP contribution in [-0.2, 0) is 11.2 Å². The van der Waals surface area contributed by atoms with Crippen LogP contribution in [-0.4, -0.2) is 25.0 Å². The van der Waals surface area contributed by atoms with Crippen molar-refractivity contribution in [1.29, 1.82) is 0 Å². The molecule has 0 aliphatic rings. The first-order valence-electron chi connectivity index (χ1n) is 5.93. The molecule has 94 valence electrons. The summed E-state index contributed by atoms with van der Waals surface area (Å²) in [5, 5.41) is 1.68. The van der Waals surface area contributed by atoms with Crippen molar-refractivity contribution in [3.05, 3.63) is 34.4 Å². The third-order valence-electron chi connectivity index (χ3n) is 2.79. The van der Waals surface area contributed by atoms with Gasteiger partial charge in [0.25, 0.3) is 0 Å². The van der Waals surface area contributed by atoms with Gasteiger partial charge in [0.05, 0.1) is 0 Å². The van der Waals surface area contributed by atoms with Gasteiger partial charge in [-0.1, -0.05) is 17.7 Å². The van der Waals surface area contributed by atoms with Crippen LogP contribution in [0.2, 0.25) is 0 Å². The Balaban J connectivity index is 2.67. The van der Waals surface area contributed by atoms with Gasteiger partial charge in [-0.15, -0.1) is 0 Å². The van der Waals surface area contributed by atoms with E-state index in [1.54, 1.807) is 5.01 Å². The minimum atomic E-state index is 0.0642. The number of hydrogen-bond acceptors (Lipinski definition) is 2. The van der Waals surface area contributed by atoms with Gasteiger partial charge in [0, 0.05) is 20.5 Å². The molecular weight excluding hydrogens is 212 g/mol. The fourth-order valence-electron chi connectivity index (χ4n) is 2.15. The summed E-state index contributed by atoms with van der Waals surface area (Å²) in [5.74, 6) is 0.0642. The molecule has 0 unspecified atom stereocenters. The van der Waals surface area contributed by atoms with Crippen LogP contribution in [0.15, 0.2) is 12.1 Å². The molecule has 0 saturated heterocycles. The summed E-state index contributed by atoms with van der Waals surface area (Å²) in [4.78, 5) is 11.6. The SMILES string of the molecule is Cc1cc(C)c(CCC(=O)NN(C)C)c(C)c1. The van der Waals surface area contributed by atoms with Crippen LogP contribution in [0.5, 0.6) is 0 Å². The smallest absolute Gasteiger partial charge is 0.234 e. The number of hydrogen-bond donors (Lipinski definition) is 1. The lowest BCUT2D eigenvalue weighted by molar-refractivity contribution is -0.124. The van der Waals surface area contributed by atoms with Gasteiger partial charge in [-0.2, -0.15) is 0 Å². The Hall–Kier alpha value is -1.35. The van der Waals surface area contributed by atoms with E-state index in [2.05, 4.69) is 38.3 Å². The van der Waals surface area contributed by atoms with Crippen LogP contribution < -0.4 is 5.43 Å². The van der Waals surface area contributed by atoms with Gasteiger partial charge < -0.3 is 0 Å². The predicted octanol–water partition coefficient (Wildman–Crippen LogP) is 2.14. The van der Waals surface area contributed by atoms with Crippen molar-refractivity contribution in [2.75, 3.05) is 14.1 Å². The van der Waals surface area contributed by atoms with E-state index >= 15 is 0 Å². The van der Waals surface area contributed by atoms with Crippen molar-refractivity contribution in [1.82, 2.24) is 10.4 Å². The molecule has 0 saturated carbocycles. The number of benzene rings is 1. The summed E-state index contributed by atoms with van der Waals surface area (Å²) in [6.45, 7) is 6.32. The van der Waals surface area contributed by atoms with Crippen LogP contribution >= 0.6 is 0 Å². The molecule has 1 amide bonds. The van der Waals surface area contributed by atoms with Gasteiger partial charge in [0.15, 0.2) is 0 Å². The first-order valence-corrected chi connectivity index (χ1v) is 5.93. The minimum Gasteiger partial charge on any atom is -0.289 e. The second kappa shape index (κ2) is 5.82. The standard InChI is InChI=1S/C14H22N2O/c1-10-8-11(2)13(12(3)9-10)6-7-14(17)15-16(4)5/h8-9H,6-7H2,1-5H3,(H,15,17). The molecule has 0 fully saturated rings. The lowest BCUT2D eigenvalue weighted by atomic mass is 9.96. The Morgan fingerprint density at radius 2 is 1.71 bits per heavy atom.